The molecule has 1 N–H and O–H groups in total. The number of aliphatic hydroxyl groups is 1. The average molecular weight is 140 g/mol. The van der Waals surface area contributed by atoms with Crippen molar-refractivity contribution in [2.45, 2.75) is 38.7 Å². The van der Waals surface area contributed by atoms with Gasteiger partial charge in [0.1, 0.15) is 0 Å². The van der Waals surface area contributed by atoms with Crippen molar-refractivity contribution in [3.63, 3.8) is 0 Å². The molecule has 0 aromatic carbocycles. The SMILES string of the molecule is CCC(O)C1C=CCCC1. The minimum Gasteiger partial charge on any atom is -0.393 e. The normalized spacial score (nSPS) is 28.4. The highest BCUT2D eigenvalue weighted by atomic mass is 16.3. The van der Waals surface area contributed by atoms with Gasteiger partial charge in [-0.25, -0.2) is 0 Å². The van der Waals surface area contributed by atoms with Gasteiger partial charge in [0.25, 0.3) is 0 Å². The maximum Gasteiger partial charge on any atom is 0.0600 e. The second kappa shape index (κ2) is 3.77. The van der Waals surface area contributed by atoms with Crippen LogP contribution in [0.25, 0.3) is 0 Å². The van der Waals surface area contributed by atoms with Crippen LogP contribution in [-0.2, 0) is 0 Å². The van der Waals surface area contributed by atoms with Gasteiger partial charge in [0.15, 0.2) is 0 Å². The summed E-state index contributed by atoms with van der Waals surface area (Å²) in [6.07, 6.45) is 8.76. The van der Waals surface area contributed by atoms with E-state index >= 15 is 0 Å². The number of allylic oxidation sites excluding steroid dienone is 1. The standard InChI is InChI=1S/C9H16O/c1-2-9(10)8-6-4-3-5-7-8/h4,6,8-10H,2-3,5,7H2,1H3. The summed E-state index contributed by atoms with van der Waals surface area (Å²) in [6.45, 7) is 2.03. The largest absolute Gasteiger partial charge is 0.393 e. The Morgan fingerprint density at radius 3 is 3.00 bits per heavy atom. The molecule has 2 unspecified atom stereocenters. The Hall–Kier alpha value is -0.300. The predicted octanol–water partition coefficient (Wildman–Crippen LogP) is 2.11. The van der Waals surface area contributed by atoms with Crippen molar-refractivity contribution in [3.8, 4) is 0 Å². The Morgan fingerprint density at radius 1 is 1.70 bits per heavy atom. The van der Waals surface area contributed by atoms with Crippen LogP contribution < -0.4 is 0 Å². The Balaban J connectivity index is 2.38. The van der Waals surface area contributed by atoms with Gasteiger partial charge in [-0.05, 0) is 25.7 Å². The fourth-order valence-corrected chi connectivity index (χ4v) is 1.46. The fourth-order valence-electron chi connectivity index (χ4n) is 1.46. The van der Waals surface area contributed by atoms with Crippen molar-refractivity contribution in [3.05, 3.63) is 12.2 Å². The van der Waals surface area contributed by atoms with Crippen molar-refractivity contribution < 1.29 is 5.11 Å². The maximum absolute atomic E-state index is 9.43. The minimum atomic E-state index is -0.100. The molecule has 1 aliphatic carbocycles. The number of aliphatic hydroxyl groups excluding tert-OH is 1. The van der Waals surface area contributed by atoms with Crippen molar-refractivity contribution >= 4 is 0 Å². The summed E-state index contributed by atoms with van der Waals surface area (Å²) in [5.41, 5.74) is 0. The fraction of sp³-hybridized carbons (Fsp3) is 0.778. The highest BCUT2D eigenvalue weighted by Crippen LogP contribution is 2.21. The first-order valence-electron chi connectivity index (χ1n) is 4.19. The molecule has 0 radical (unpaired) electrons. The smallest absolute Gasteiger partial charge is 0.0600 e. The van der Waals surface area contributed by atoms with E-state index in [1.807, 2.05) is 6.92 Å². The molecule has 0 aromatic rings. The third kappa shape index (κ3) is 1.84. The molecule has 58 valence electrons. The van der Waals surface area contributed by atoms with Crippen LogP contribution in [0.15, 0.2) is 12.2 Å². The molecule has 0 saturated carbocycles. The summed E-state index contributed by atoms with van der Waals surface area (Å²) < 4.78 is 0. The predicted molar refractivity (Wildman–Crippen MR) is 42.8 cm³/mol. The Bertz CT molecular complexity index is 118. The van der Waals surface area contributed by atoms with Crippen LogP contribution in [0.4, 0.5) is 0 Å². The van der Waals surface area contributed by atoms with Crippen molar-refractivity contribution in [2.75, 3.05) is 0 Å². The van der Waals surface area contributed by atoms with E-state index in [1.165, 1.54) is 19.3 Å². The number of hydrogen-bond donors (Lipinski definition) is 1. The van der Waals surface area contributed by atoms with Crippen LogP contribution in [0.5, 0.6) is 0 Å². The molecule has 0 spiro atoms. The van der Waals surface area contributed by atoms with Crippen molar-refractivity contribution in [2.24, 2.45) is 5.92 Å². The Labute approximate surface area is 62.8 Å². The summed E-state index contributed by atoms with van der Waals surface area (Å²) in [5.74, 6) is 0.443. The van der Waals surface area contributed by atoms with Gasteiger partial charge in [0.05, 0.1) is 6.10 Å². The average Bonchev–Trinajstić information content (AvgIpc) is 2.05. The first-order valence-corrected chi connectivity index (χ1v) is 4.19. The second-order valence-electron chi connectivity index (χ2n) is 3.00. The van der Waals surface area contributed by atoms with Crippen molar-refractivity contribution in [1.29, 1.82) is 0 Å². The van der Waals surface area contributed by atoms with E-state index in [4.69, 9.17) is 0 Å². The topological polar surface area (TPSA) is 20.2 Å². The summed E-state index contributed by atoms with van der Waals surface area (Å²) in [7, 11) is 0. The first-order chi connectivity index (χ1) is 4.84. The third-order valence-electron chi connectivity index (χ3n) is 2.20. The van der Waals surface area contributed by atoms with E-state index in [0.717, 1.165) is 6.42 Å². The van der Waals surface area contributed by atoms with E-state index < -0.39 is 0 Å². The van der Waals surface area contributed by atoms with Crippen LogP contribution in [0.3, 0.4) is 0 Å². The van der Waals surface area contributed by atoms with Crippen LogP contribution in [0.1, 0.15) is 32.6 Å². The molecule has 0 aliphatic heterocycles. The highest BCUT2D eigenvalue weighted by molar-refractivity contribution is 4.95. The molecule has 0 bridgehead atoms. The lowest BCUT2D eigenvalue weighted by Gasteiger charge is -2.20. The van der Waals surface area contributed by atoms with E-state index in [0.29, 0.717) is 5.92 Å². The Morgan fingerprint density at radius 2 is 2.50 bits per heavy atom. The second-order valence-corrected chi connectivity index (χ2v) is 3.00. The molecule has 0 amide bonds. The number of hydrogen-bond acceptors (Lipinski definition) is 1. The molecular formula is C9H16O. The van der Waals surface area contributed by atoms with E-state index in [9.17, 15) is 5.11 Å². The summed E-state index contributed by atoms with van der Waals surface area (Å²) in [6, 6.07) is 0. The van der Waals surface area contributed by atoms with Gasteiger partial charge in [-0.15, -0.1) is 0 Å². The van der Waals surface area contributed by atoms with Gasteiger partial charge in [-0.1, -0.05) is 19.1 Å². The quantitative estimate of drug-likeness (QED) is 0.582. The van der Waals surface area contributed by atoms with Crippen LogP contribution in [-0.4, -0.2) is 11.2 Å². The summed E-state index contributed by atoms with van der Waals surface area (Å²) in [4.78, 5) is 0. The molecule has 0 saturated heterocycles. The van der Waals surface area contributed by atoms with E-state index in [2.05, 4.69) is 12.2 Å². The van der Waals surface area contributed by atoms with E-state index in [-0.39, 0.29) is 6.10 Å². The van der Waals surface area contributed by atoms with Crippen LogP contribution in [0.2, 0.25) is 0 Å². The molecule has 2 atom stereocenters. The van der Waals surface area contributed by atoms with Gasteiger partial charge < -0.3 is 5.11 Å². The minimum absolute atomic E-state index is 0.100. The zero-order valence-corrected chi connectivity index (χ0v) is 6.59. The zero-order chi connectivity index (χ0) is 7.40. The molecule has 1 aliphatic rings. The Kier molecular flexibility index (Phi) is 2.94. The van der Waals surface area contributed by atoms with Gasteiger partial charge in [0.2, 0.25) is 0 Å². The maximum atomic E-state index is 9.43. The molecule has 1 heteroatoms. The molecule has 10 heavy (non-hydrogen) atoms. The molecular weight excluding hydrogens is 124 g/mol. The van der Waals surface area contributed by atoms with Gasteiger partial charge in [-0.2, -0.15) is 0 Å². The van der Waals surface area contributed by atoms with Crippen LogP contribution >= 0.6 is 0 Å². The highest BCUT2D eigenvalue weighted by Gasteiger charge is 2.15. The summed E-state index contributed by atoms with van der Waals surface area (Å²) >= 11 is 0. The first kappa shape index (κ1) is 7.80. The third-order valence-corrected chi connectivity index (χ3v) is 2.20. The molecule has 0 fully saturated rings. The van der Waals surface area contributed by atoms with Gasteiger partial charge in [-0.3, -0.25) is 0 Å². The lowest BCUT2D eigenvalue weighted by atomic mass is 9.90. The monoisotopic (exact) mass is 140 g/mol. The lowest BCUT2D eigenvalue weighted by molar-refractivity contribution is 0.118. The van der Waals surface area contributed by atoms with Crippen LogP contribution in [0, 0.1) is 5.92 Å². The lowest BCUT2D eigenvalue weighted by Crippen LogP contribution is -2.18. The molecule has 1 nitrogen and oxygen atoms in total. The van der Waals surface area contributed by atoms with E-state index in [1.54, 1.807) is 0 Å². The van der Waals surface area contributed by atoms with Crippen molar-refractivity contribution in [1.82, 2.24) is 0 Å². The van der Waals surface area contributed by atoms with Gasteiger partial charge in [0, 0.05) is 5.92 Å². The van der Waals surface area contributed by atoms with Gasteiger partial charge >= 0.3 is 0 Å². The molecule has 1 rings (SSSR count). The molecule has 0 aromatic heterocycles. The summed E-state index contributed by atoms with van der Waals surface area (Å²) in [5, 5.41) is 9.43. The zero-order valence-electron chi connectivity index (χ0n) is 6.59. The number of rotatable bonds is 2. The molecule has 0 heterocycles.